The Balaban J connectivity index is 3.24. The van der Waals surface area contributed by atoms with E-state index in [0.717, 1.165) is 5.56 Å². The van der Waals surface area contributed by atoms with Crippen molar-refractivity contribution < 1.29 is 9.47 Å². The number of hydrogen-bond acceptors (Lipinski definition) is 2. The first-order valence-corrected chi connectivity index (χ1v) is 6.67. The second kappa shape index (κ2) is 5.29. The molecule has 0 aliphatic rings. The Kier molecular flexibility index (Phi) is 4.82. The van der Waals surface area contributed by atoms with Gasteiger partial charge < -0.3 is 9.47 Å². The van der Waals surface area contributed by atoms with Crippen LogP contribution >= 0.6 is 45.2 Å². The molecule has 1 rings (SSSR count). The average Bonchev–Trinajstić information content (AvgIpc) is 2.20. The standard InChI is InChI=1S/C11H14I2O2/c1-10(12,13)11(14-2,15-3)9-7-5-4-6-8-9/h4-8H,1-3H3. The molecule has 0 spiro atoms. The van der Waals surface area contributed by atoms with Gasteiger partial charge in [0.2, 0.25) is 5.79 Å². The van der Waals surface area contributed by atoms with Crippen molar-refractivity contribution in [1.82, 2.24) is 0 Å². The van der Waals surface area contributed by atoms with Gasteiger partial charge >= 0.3 is 0 Å². The van der Waals surface area contributed by atoms with Crippen molar-refractivity contribution in [3.05, 3.63) is 35.9 Å². The lowest BCUT2D eigenvalue weighted by atomic mass is 10.0. The van der Waals surface area contributed by atoms with Gasteiger partial charge in [0.15, 0.2) is 0 Å². The molecule has 4 heteroatoms. The number of rotatable bonds is 4. The normalized spacial score (nSPS) is 12.9. The summed E-state index contributed by atoms with van der Waals surface area (Å²) in [5, 5.41) is 0. The quantitative estimate of drug-likeness (QED) is 0.411. The van der Waals surface area contributed by atoms with Gasteiger partial charge in [-0.3, -0.25) is 0 Å². The van der Waals surface area contributed by atoms with Crippen LogP contribution in [0.3, 0.4) is 0 Å². The lowest BCUT2D eigenvalue weighted by Crippen LogP contribution is -2.44. The minimum atomic E-state index is -0.713. The largest absolute Gasteiger partial charge is 0.348 e. The topological polar surface area (TPSA) is 18.5 Å². The van der Waals surface area contributed by atoms with Crippen LogP contribution in [0.2, 0.25) is 0 Å². The Morgan fingerprint density at radius 3 is 1.80 bits per heavy atom. The van der Waals surface area contributed by atoms with Crippen LogP contribution in [-0.4, -0.2) is 15.6 Å². The first-order chi connectivity index (χ1) is 6.98. The van der Waals surface area contributed by atoms with E-state index >= 15 is 0 Å². The second-order valence-corrected chi connectivity index (χ2v) is 9.66. The maximum absolute atomic E-state index is 5.60. The van der Waals surface area contributed by atoms with E-state index in [1.165, 1.54) is 0 Å². The highest BCUT2D eigenvalue weighted by molar-refractivity contribution is 14.2. The maximum Gasteiger partial charge on any atom is 0.218 e. The van der Waals surface area contributed by atoms with Crippen LogP contribution in [0.4, 0.5) is 0 Å². The van der Waals surface area contributed by atoms with Crippen molar-refractivity contribution in [3.8, 4) is 0 Å². The first-order valence-electron chi connectivity index (χ1n) is 4.51. The van der Waals surface area contributed by atoms with E-state index in [0.29, 0.717) is 0 Å². The van der Waals surface area contributed by atoms with Crippen molar-refractivity contribution in [3.63, 3.8) is 0 Å². The molecule has 1 aromatic rings. The molecule has 0 aliphatic heterocycles. The lowest BCUT2D eigenvalue weighted by molar-refractivity contribution is -0.213. The highest BCUT2D eigenvalue weighted by Crippen LogP contribution is 2.47. The van der Waals surface area contributed by atoms with Gasteiger partial charge in [-0.25, -0.2) is 0 Å². The molecule has 84 valence electrons. The molecular formula is C11H14I2O2. The zero-order chi connectivity index (χ0) is 11.5. The summed E-state index contributed by atoms with van der Waals surface area (Å²) in [6.07, 6.45) is 0. The van der Waals surface area contributed by atoms with Gasteiger partial charge in [0, 0.05) is 19.8 Å². The predicted octanol–water partition coefficient (Wildman–Crippen LogP) is 3.72. The number of methoxy groups -OCH3 is 2. The molecule has 0 aromatic heterocycles. The summed E-state index contributed by atoms with van der Waals surface area (Å²) < 4.78 is 11.0. The highest BCUT2D eigenvalue weighted by atomic mass is 127. The van der Waals surface area contributed by atoms with Crippen molar-refractivity contribution >= 4 is 45.2 Å². The summed E-state index contributed by atoms with van der Waals surface area (Å²) in [6.45, 7) is 2.08. The van der Waals surface area contributed by atoms with Crippen LogP contribution in [0.25, 0.3) is 0 Å². The van der Waals surface area contributed by atoms with Gasteiger partial charge in [-0.15, -0.1) is 0 Å². The summed E-state index contributed by atoms with van der Waals surface area (Å²) in [7, 11) is 3.35. The highest BCUT2D eigenvalue weighted by Gasteiger charge is 2.47. The van der Waals surface area contributed by atoms with Gasteiger partial charge in [-0.05, 0) is 6.92 Å². The summed E-state index contributed by atoms with van der Waals surface area (Å²) in [5.74, 6) is -0.713. The minimum absolute atomic E-state index is 0.187. The number of ether oxygens (including phenoxy) is 2. The number of hydrogen-bond donors (Lipinski definition) is 0. The fourth-order valence-corrected chi connectivity index (χ4v) is 3.09. The monoisotopic (exact) mass is 432 g/mol. The molecule has 2 nitrogen and oxygen atoms in total. The molecule has 0 atom stereocenters. The first kappa shape index (κ1) is 13.7. The molecule has 0 N–H and O–H groups in total. The van der Waals surface area contributed by atoms with Crippen LogP contribution in [-0.2, 0) is 15.3 Å². The summed E-state index contributed by atoms with van der Waals surface area (Å²) >= 11 is 4.66. The Morgan fingerprint density at radius 2 is 1.47 bits per heavy atom. The summed E-state index contributed by atoms with van der Waals surface area (Å²) in [4.78, 5) is 0. The lowest BCUT2D eigenvalue weighted by Gasteiger charge is -2.39. The minimum Gasteiger partial charge on any atom is -0.348 e. The molecule has 0 aliphatic carbocycles. The third kappa shape index (κ3) is 2.65. The van der Waals surface area contributed by atoms with Gasteiger partial charge in [-0.2, -0.15) is 0 Å². The van der Waals surface area contributed by atoms with Crippen molar-refractivity contribution in [2.45, 2.75) is 14.1 Å². The Bertz CT molecular complexity index is 302. The van der Waals surface area contributed by atoms with E-state index in [2.05, 4.69) is 52.1 Å². The fourth-order valence-electron chi connectivity index (χ4n) is 1.59. The average molecular weight is 432 g/mol. The van der Waals surface area contributed by atoms with Crippen molar-refractivity contribution in [2.24, 2.45) is 0 Å². The van der Waals surface area contributed by atoms with E-state index in [1.54, 1.807) is 14.2 Å². The molecule has 0 saturated heterocycles. The molecule has 0 unspecified atom stereocenters. The van der Waals surface area contributed by atoms with E-state index < -0.39 is 5.79 Å². The molecule has 1 aromatic carbocycles. The molecular weight excluding hydrogens is 418 g/mol. The van der Waals surface area contributed by atoms with E-state index in [-0.39, 0.29) is 1.43 Å². The van der Waals surface area contributed by atoms with E-state index in [1.807, 2.05) is 30.3 Å². The van der Waals surface area contributed by atoms with Crippen molar-refractivity contribution in [2.75, 3.05) is 14.2 Å². The van der Waals surface area contributed by atoms with Gasteiger partial charge in [0.05, 0.1) is 0 Å². The smallest absolute Gasteiger partial charge is 0.218 e. The second-order valence-electron chi connectivity index (χ2n) is 3.28. The van der Waals surface area contributed by atoms with Gasteiger partial charge in [0.1, 0.15) is 1.43 Å². The molecule has 0 heterocycles. The molecule has 0 fully saturated rings. The Hall–Kier alpha value is 0.600. The molecule has 15 heavy (non-hydrogen) atoms. The zero-order valence-corrected chi connectivity index (χ0v) is 13.3. The van der Waals surface area contributed by atoms with Gasteiger partial charge in [-0.1, -0.05) is 75.5 Å². The number of alkyl halides is 2. The molecule has 0 saturated carbocycles. The number of benzene rings is 1. The Morgan fingerprint density at radius 1 is 1.00 bits per heavy atom. The SMILES string of the molecule is COC(OC)(c1ccccc1)C(C)(I)I. The fraction of sp³-hybridized carbons (Fsp3) is 0.455. The van der Waals surface area contributed by atoms with Crippen LogP contribution in [0, 0.1) is 0 Å². The van der Waals surface area contributed by atoms with Crippen LogP contribution in [0.1, 0.15) is 12.5 Å². The van der Waals surface area contributed by atoms with Gasteiger partial charge in [0.25, 0.3) is 0 Å². The maximum atomic E-state index is 5.60. The summed E-state index contributed by atoms with van der Waals surface area (Å²) in [5.41, 5.74) is 1.03. The molecule has 0 amide bonds. The molecule has 0 bridgehead atoms. The van der Waals surface area contributed by atoms with Crippen LogP contribution < -0.4 is 0 Å². The van der Waals surface area contributed by atoms with Crippen LogP contribution in [0.15, 0.2) is 30.3 Å². The summed E-state index contributed by atoms with van der Waals surface area (Å²) in [6, 6.07) is 9.99. The number of halogens is 2. The Labute approximate surface area is 118 Å². The van der Waals surface area contributed by atoms with Crippen molar-refractivity contribution in [1.29, 1.82) is 0 Å². The predicted molar refractivity (Wildman–Crippen MR) is 78.6 cm³/mol. The third-order valence-electron chi connectivity index (χ3n) is 2.31. The van der Waals surface area contributed by atoms with E-state index in [9.17, 15) is 0 Å². The molecule has 0 radical (unpaired) electrons. The third-order valence-corrected chi connectivity index (χ3v) is 3.73. The zero-order valence-electron chi connectivity index (χ0n) is 8.96. The van der Waals surface area contributed by atoms with E-state index in [4.69, 9.17) is 9.47 Å². The van der Waals surface area contributed by atoms with Crippen LogP contribution in [0.5, 0.6) is 0 Å².